The predicted octanol–water partition coefficient (Wildman–Crippen LogP) is 5.71. The maximum absolute atomic E-state index is 14.4. The number of unbranched alkanes of at least 4 members (excludes halogenated alkanes) is 6. The lowest BCUT2D eigenvalue weighted by atomic mass is 10.1. The lowest BCUT2D eigenvalue weighted by Gasteiger charge is -2.28. The van der Waals surface area contributed by atoms with Gasteiger partial charge < -0.3 is 20.9 Å². The van der Waals surface area contributed by atoms with Crippen LogP contribution in [0.15, 0.2) is 115 Å². The van der Waals surface area contributed by atoms with Crippen molar-refractivity contribution in [3.8, 4) is 0 Å². The Morgan fingerprint density at radius 2 is 0.909 bits per heavy atom. The van der Waals surface area contributed by atoms with Crippen molar-refractivity contribution in [3.05, 3.63) is 126 Å². The fraction of sp³-hybridized carbons (Fsp3) is 0.400. The number of amides is 6. The Bertz CT molecular complexity index is 2080. The molecule has 0 radical (unpaired) electrons. The van der Waals surface area contributed by atoms with Crippen molar-refractivity contribution in [1.29, 1.82) is 0 Å². The molecule has 4 rings (SSSR count). The zero-order valence-corrected chi connectivity index (χ0v) is 37.8. The molecule has 0 heterocycles. The lowest BCUT2D eigenvalue weighted by Crippen LogP contribution is -2.45. The molecule has 4 aromatic carbocycles. The minimum atomic E-state index is -0.469. The normalized spacial score (nSPS) is 10.9. The van der Waals surface area contributed by atoms with Gasteiger partial charge in [0, 0.05) is 43.0 Å². The molecule has 354 valence electrons. The van der Waals surface area contributed by atoms with E-state index in [1.165, 1.54) is 0 Å². The van der Waals surface area contributed by atoms with Gasteiger partial charge in [0.05, 0.1) is 26.2 Å². The number of carbonyl (C=O) groups is 6. The molecule has 0 fully saturated rings. The van der Waals surface area contributed by atoms with E-state index in [9.17, 15) is 28.8 Å². The molecule has 7 N–H and O–H groups in total. The molecule has 66 heavy (non-hydrogen) atoms. The van der Waals surface area contributed by atoms with Crippen LogP contribution in [0.3, 0.4) is 0 Å². The molecule has 0 bridgehead atoms. The van der Waals surface area contributed by atoms with Crippen LogP contribution in [0.25, 0.3) is 0 Å². The number of hydroxylamine groups is 2. The monoisotopic (exact) mass is 907 g/mol. The summed E-state index contributed by atoms with van der Waals surface area (Å²) in [4.78, 5) is 82.6. The standard InChI is InChI=1S/C50H66N8O8/c59-45(54-65)27-14-2-1-3-16-32-56(37-48(62)52-42-23-12-6-13-24-42)38-49(63)53-43-25-18-26-44(35-43)58(34-30-41-21-10-5-11-22-41)50(64)39-57(33-17-7-15-28-46(60)55-66)36-47(61)51-31-29-40-19-8-4-9-20-40/h4-6,8-13,18-26,35,65-66H,1-3,7,14-17,27-34,36-39H2,(H,51,61)(H,52,62)(H,53,63)(H,54,59)(H,55,60). The van der Waals surface area contributed by atoms with E-state index >= 15 is 0 Å². The molecular formula is C50H66N8O8. The number of para-hydroxylation sites is 1. The highest BCUT2D eigenvalue weighted by atomic mass is 16.5. The van der Waals surface area contributed by atoms with E-state index in [0.717, 1.165) is 36.8 Å². The van der Waals surface area contributed by atoms with Crippen LogP contribution in [0, 0.1) is 0 Å². The molecule has 0 aliphatic carbocycles. The van der Waals surface area contributed by atoms with Crippen LogP contribution in [0.4, 0.5) is 17.1 Å². The largest absolute Gasteiger partial charge is 0.355 e. The van der Waals surface area contributed by atoms with Crippen LogP contribution >= 0.6 is 0 Å². The molecule has 16 nitrogen and oxygen atoms in total. The van der Waals surface area contributed by atoms with Crippen LogP contribution < -0.4 is 31.8 Å². The van der Waals surface area contributed by atoms with E-state index in [2.05, 4.69) is 16.0 Å². The molecule has 0 aliphatic rings. The average molecular weight is 907 g/mol. The van der Waals surface area contributed by atoms with Gasteiger partial charge in [-0.25, -0.2) is 11.0 Å². The summed E-state index contributed by atoms with van der Waals surface area (Å²) in [6.07, 6.45) is 7.27. The summed E-state index contributed by atoms with van der Waals surface area (Å²) in [6.45, 7) is 1.52. The van der Waals surface area contributed by atoms with Crippen LogP contribution in [0.2, 0.25) is 0 Å². The molecule has 0 saturated carbocycles. The Hall–Kier alpha value is -6.46. The second-order valence-corrected chi connectivity index (χ2v) is 16.2. The summed E-state index contributed by atoms with van der Waals surface area (Å²) in [5, 5.41) is 26.4. The minimum absolute atomic E-state index is 0.0104. The van der Waals surface area contributed by atoms with Crippen LogP contribution in [-0.2, 0) is 41.6 Å². The zero-order valence-electron chi connectivity index (χ0n) is 37.8. The molecular weight excluding hydrogens is 841 g/mol. The SMILES string of the molecule is O=C(CCCCCCCN(CC(=O)Nc1ccccc1)CC(=O)Nc1cccc(N(CCc2ccccc2)C(=O)CN(CCCCCC(=O)NO)CC(=O)NCCc2ccccc2)c1)NO. The van der Waals surface area contributed by atoms with E-state index < -0.39 is 11.8 Å². The summed E-state index contributed by atoms with van der Waals surface area (Å²) in [5.41, 5.74) is 7.11. The topological polar surface area (TPSA) is 213 Å². The van der Waals surface area contributed by atoms with Gasteiger partial charge in [0.1, 0.15) is 0 Å². The molecule has 0 aromatic heterocycles. The minimum Gasteiger partial charge on any atom is -0.355 e. The molecule has 6 amide bonds. The second-order valence-electron chi connectivity index (χ2n) is 16.2. The maximum atomic E-state index is 14.4. The van der Waals surface area contributed by atoms with E-state index in [4.69, 9.17) is 10.4 Å². The van der Waals surface area contributed by atoms with Gasteiger partial charge in [-0.3, -0.25) is 49.0 Å². The van der Waals surface area contributed by atoms with E-state index in [1.807, 2.05) is 89.8 Å². The Morgan fingerprint density at radius 1 is 0.439 bits per heavy atom. The number of nitrogens with one attached hydrogen (secondary N) is 5. The third-order valence-corrected chi connectivity index (χ3v) is 10.8. The zero-order chi connectivity index (χ0) is 47.2. The van der Waals surface area contributed by atoms with Crippen molar-refractivity contribution in [3.63, 3.8) is 0 Å². The maximum Gasteiger partial charge on any atom is 0.243 e. The number of benzene rings is 4. The molecule has 0 atom stereocenters. The molecule has 4 aromatic rings. The number of anilines is 3. The second kappa shape index (κ2) is 30.6. The third kappa shape index (κ3) is 21.5. The third-order valence-electron chi connectivity index (χ3n) is 10.8. The smallest absolute Gasteiger partial charge is 0.243 e. The highest BCUT2D eigenvalue weighted by Crippen LogP contribution is 2.22. The molecule has 0 spiro atoms. The van der Waals surface area contributed by atoms with Gasteiger partial charge in [-0.05, 0) is 93.1 Å². The first kappa shape index (κ1) is 52.2. The first-order chi connectivity index (χ1) is 32.1. The van der Waals surface area contributed by atoms with Crippen LogP contribution in [0.5, 0.6) is 0 Å². The molecule has 0 unspecified atom stereocenters. The van der Waals surface area contributed by atoms with Crippen molar-refractivity contribution in [2.24, 2.45) is 0 Å². The fourth-order valence-corrected chi connectivity index (χ4v) is 7.38. The highest BCUT2D eigenvalue weighted by molar-refractivity contribution is 5.98. The molecule has 16 heteroatoms. The Morgan fingerprint density at radius 3 is 1.50 bits per heavy atom. The van der Waals surface area contributed by atoms with Gasteiger partial charge in [0.15, 0.2) is 0 Å². The van der Waals surface area contributed by atoms with Crippen LogP contribution in [-0.4, -0.2) is 108 Å². The number of rotatable bonds is 31. The Kier molecular flexibility index (Phi) is 24.2. The number of nitrogens with zero attached hydrogens (tertiary/aromatic N) is 3. The predicted molar refractivity (Wildman–Crippen MR) is 255 cm³/mol. The molecule has 0 saturated heterocycles. The summed E-state index contributed by atoms with van der Waals surface area (Å²) >= 11 is 0. The van der Waals surface area contributed by atoms with E-state index in [-0.39, 0.29) is 62.6 Å². The first-order valence-electron chi connectivity index (χ1n) is 22.8. The summed E-state index contributed by atoms with van der Waals surface area (Å²) in [7, 11) is 0. The quantitative estimate of drug-likeness (QED) is 0.0186. The number of carbonyl (C=O) groups excluding carboxylic acids is 6. The Labute approximate surface area is 388 Å². The summed E-state index contributed by atoms with van der Waals surface area (Å²) < 4.78 is 0. The average Bonchev–Trinajstić information content (AvgIpc) is 3.31. The Balaban J connectivity index is 1.45. The highest BCUT2D eigenvalue weighted by Gasteiger charge is 2.22. The van der Waals surface area contributed by atoms with Crippen molar-refractivity contribution < 1.29 is 39.2 Å². The van der Waals surface area contributed by atoms with Gasteiger partial charge in [-0.15, -0.1) is 0 Å². The first-order valence-corrected chi connectivity index (χ1v) is 22.8. The summed E-state index contributed by atoms with van der Waals surface area (Å²) in [6, 6.07) is 35.8. The fourth-order valence-electron chi connectivity index (χ4n) is 7.38. The van der Waals surface area contributed by atoms with Gasteiger partial charge in [0.2, 0.25) is 35.4 Å². The van der Waals surface area contributed by atoms with Crippen molar-refractivity contribution in [2.45, 2.75) is 77.0 Å². The van der Waals surface area contributed by atoms with Gasteiger partial charge in [-0.2, -0.15) is 0 Å². The lowest BCUT2D eigenvalue weighted by molar-refractivity contribution is -0.130. The number of hydrogen-bond donors (Lipinski definition) is 7. The van der Waals surface area contributed by atoms with Crippen molar-refractivity contribution >= 4 is 52.5 Å². The van der Waals surface area contributed by atoms with Gasteiger partial charge in [-0.1, -0.05) is 111 Å². The van der Waals surface area contributed by atoms with Crippen molar-refractivity contribution in [2.75, 3.05) is 67.9 Å². The van der Waals surface area contributed by atoms with E-state index in [0.29, 0.717) is 81.8 Å². The van der Waals surface area contributed by atoms with Gasteiger partial charge >= 0.3 is 0 Å². The molecule has 0 aliphatic heterocycles. The number of hydrogen-bond acceptors (Lipinski definition) is 10. The summed E-state index contributed by atoms with van der Waals surface area (Å²) in [5.74, 6) is -1.93. The van der Waals surface area contributed by atoms with E-state index in [1.54, 1.807) is 51.1 Å². The van der Waals surface area contributed by atoms with Crippen LogP contribution in [0.1, 0.15) is 75.3 Å². The van der Waals surface area contributed by atoms with Gasteiger partial charge in [0.25, 0.3) is 0 Å². The van der Waals surface area contributed by atoms with Crippen molar-refractivity contribution in [1.82, 2.24) is 26.1 Å².